The van der Waals surface area contributed by atoms with Crippen LogP contribution in [0.2, 0.25) is 0 Å². The predicted molar refractivity (Wildman–Crippen MR) is 122 cm³/mol. The van der Waals surface area contributed by atoms with Crippen LogP contribution < -0.4 is 0 Å². The van der Waals surface area contributed by atoms with Gasteiger partial charge in [-0.2, -0.15) is 0 Å². The molecule has 3 heteroatoms. The van der Waals surface area contributed by atoms with Gasteiger partial charge in [-0.05, 0) is 90.1 Å². The number of esters is 1. The summed E-state index contributed by atoms with van der Waals surface area (Å²) >= 11 is 0. The van der Waals surface area contributed by atoms with Gasteiger partial charge in [0.15, 0.2) is 0 Å². The maximum absolute atomic E-state index is 12.3. The molecule has 0 radical (unpaired) electrons. The predicted octanol–water partition coefficient (Wildman–Crippen LogP) is 7.14. The fourth-order valence-corrected chi connectivity index (χ4v) is 9.56. The number of hydrogen-bond acceptors (Lipinski definition) is 3. The number of fused-ring (bicyclic) bond motifs is 5. The summed E-state index contributed by atoms with van der Waals surface area (Å²) in [6, 6.07) is 2.17. The van der Waals surface area contributed by atoms with Crippen LogP contribution in [0.15, 0.2) is 35.2 Å². The molecule has 0 saturated heterocycles. The molecule has 4 aliphatic rings. The molecule has 3 saturated carbocycles. The van der Waals surface area contributed by atoms with Crippen LogP contribution in [0, 0.1) is 39.4 Å². The zero-order valence-electron chi connectivity index (χ0n) is 20.2. The number of ether oxygens (including phenoxy) is 1. The van der Waals surface area contributed by atoms with E-state index in [-0.39, 0.29) is 33.7 Å². The zero-order chi connectivity index (χ0) is 22.2. The number of hydrogen-bond donors (Lipinski definition) is 0. The molecule has 3 nitrogen and oxygen atoms in total. The SMILES string of the molecule is CC(=O)OC1CC2C(C)(C)CC=CC2(C)C2CCC3(C)C(c4ccoc4)CCC3C12C. The summed E-state index contributed by atoms with van der Waals surface area (Å²) in [6.45, 7) is 14.0. The van der Waals surface area contributed by atoms with E-state index in [1.54, 1.807) is 6.92 Å². The maximum Gasteiger partial charge on any atom is 0.302 e. The van der Waals surface area contributed by atoms with Gasteiger partial charge in [0.1, 0.15) is 6.10 Å². The summed E-state index contributed by atoms with van der Waals surface area (Å²) < 4.78 is 11.7. The summed E-state index contributed by atoms with van der Waals surface area (Å²) in [5.41, 5.74) is 1.99. The van der Waals surface area contributed by atoms with Crippen LogP contribution in [-0.2, 0) is 9.53 Å². The first-order valence-corrected chi connectivity index (χ1v) is 12.4. The molecule has 8 unspecified atom stereocenters. The van der Waals surface area contributed by atoms with E-state index in [9.17, 15) is 4.79 Å². The summed E-state index contributed by atoms with van der Waals surface area (Å²) in [4.78, 5) is 12.3. The third-order valence-electron chi connectivity index (χ3n) is 10.8. The lowest BCUT2D eigenvalue weighted by atomic mass is 9.37. The Morgan fingerprint density at radius 2 is 1.84 bits per heavy atom. The Morgan fingerprint density at radius 3 is 2.52 bits per heavy atom. The number of allylic oxidation sites excluding steroid dienone is 2. The number of carbonyl (C=O) groups is 1. The van der Waals surface area contributed by atoms with Crippen LogP contribution >= 0.6 is 0 Å². The van der Waals surface area contributed by atoms with Gasteiger partial charge < -0.3 is 9.15 Å². The van der Waals surface area contributed by atoms with E-state index in [1.807, 2.05) is 12.5 Å². The van der Waals surface area contributed by atoms with Crippen molar-refractivity contribution in [3.8, 4) is 0 Å². The lowest BCUT2D eigenvalue weighted by Gasteiger charge is -2.68. The second kappa shape index (κ2) is 6.75. The topological polar surface area (TPSA) is 39.4 Å². The van der Waals surface area contributed by atoms with Gasteiger partial charge in [0, 0.05) is 12.3 Å². The molecule has 1 aromatic heterocycles. The highest BCUT2D eigenvalue weighted by Gasteiger charge is 2.69. The molecule has 0 bridgehead atoms. The molecular weight excluding hydrogens is 384 g/mol. The zero-order valence-corrected chi connectivity index (χ0v) is 20.2. The van der Waals surface area contributed by atoms with E-state index in [0.717, 1.165) is 12.8 Å². The van der Waals surface area contributed by atoms with Gasteiger partial charge in [-0.15, -0.1) is 0 Å². The van der Waals surface area contributed by atoms with Crippen molar-refractivity contribution in [3.05, 3.63) is 36.3 Å². The summed E-state index contributed by atoms with van der Waals surface area (Å²) in [5, 5.41) is 0. The first-order valence-electron chi connectivity index (χ1n) is 12.4. The molecular formula is C28H40O3. The van der Waals surface area contributed by atoms with E-state index >= 15 is 0 Å². The standard InChI is InChI=1S/C28H40O3/c1-18(29)31-24-16-23-25(2,3)12-7-13-27(23,5)22-10-14-26(4)20(19-11-15-30-17-19)8-9-21(26)28(22,24)6/h7,11,13,15,17,20-24H,8-10,12,14,16H2,1-6H3. The van der Waals surface area contributed by atoms with Crippen molar-refractivity contribution in [3.63, 3.8) is 0 Å². The first kappa shape index (κ1) is 21.3. The molecule has 0 aliphatic heterocycles. The van der Waals surface area contributed by atoms with Crippen LogP contribution in [0.1, 0.15) is 91.5 Å². The number of furan rings is 1. The molecule has 0 spiro atoms. The van der Waals surface area contributed by atoms with Crippen molar-refractivity contribution in [2.75, 3.05) is 0 Å². The Kier molecular flexibility index (Phi) is 4.64. The molecule has 3 fully saturated rings. The summed E-state index contributed by atoms with van der Waals surface area (Å²) in [6.07, 6.45) is 15.8. The van der Waals surface area contributed by atoms with Crippen LogP contribution in [0.25, 0.3) is 0 Å². The highest BCUT2D eigenvalue weighted by atomic mass is 16.5. The Morgan fingerprint density at radius 1 is 1.06 bits per heavy atom. The van der Waals surface area contributed by atoms with E-state index < -0.39 is 0 Å². The minimum absolute atomic E-state index is 0.000164. The minimum Gasteiger partial charge on any atom is -0.472 e. The highest BCUT2D eigenvalue weighted by molar-refractivity contribution is 5.66. The molecule has 0 N–H and O–H groups in total. The minimum atomic E-state index is -0.116. The highest BCUT2D eigenvalue weighted by Crippen LogP contribution is 2.74. The Hall–Kier alpha value is -1.51. The summed E-state index contributed by atoms with van der Waals surface area (Å²) in [7, 11) is 0. The van der Waals surface area contributed by atoms with Crippen molar-refractivity contribution < 1.29 is 13.9 Å². The molecule has 4 aliphatic carbocycles. The van der Waals surface area contributed by atoms with Gasteiger partial charge in [0.2, 0.25) is 0 Å². The average Bonchev–Trinajstić information content (AvgIpc) is 3.30. The van der Waals surface area contributed by atoms with Gasteiger partial charge in [0.25, 0.3) is 0 Å². The van der Waals surface area contributed by atoms with Gasteiger partial charge in [0.05, 0.1) is 12.5 Å². The summed E-state index contributed by atoms with van der Waals surface area (Å²) in [5.74, 6) is 2.06. The fourth-order valence-electron chi connectivity index (χ4n) is 9.56. The van der Waals surface area contributed by atoms with E-state index in [1.165, 1.54) is 31.2 Å². The molecule has 1 aromatic rings. The number of rotatable bonds is 2. The van der Waals surface area contributed by atoms with Gasteiger partial charge in [-0.1, -0.05) is 46.8 Å². The van der Waals surface area contributed by atoms with Crippen molar-refractivity contribution in [1.82, 2.24) is 0 Å². The van der Waals surface area contributed by atoms with Gasteiger partial charge >= 0.3 is 5.97 Å². The Bertz CT molecular complexity index is 882. The van der Waals surface area contributed by atoms with Crippen molar-refractivity contribution in [2.24, 2.45) is 39.4 Å². The van der Waals surface area contributed by atoms with Crippen LogP contribution in [-0.4, -0.2) is 12.1 Å². The Labute approximate surface area is 188 Å². The molecule has 8 atom stereocenters. The average molecular weight is 425 g/mol. The maximum atomic E-state index is 12.3. The van der Waals surface area contributed by atoms with Crippen LogP contribution in [0.4, 0.5) is 0 Å². The normalized spacial score (nSPS) is 47.9. The van der Waals surface area contributed by atoms with E-state index in [2.05, 4.69) is 52.8 Å². The van der Waals surface area contributed by atoms with Gasteiger partial charge in [-0.25, -0.2) is 0 Å². The molecule has 5 rings (SSSR count). The second-order valence-corrected chi connectivity index (χ2v) is 12.5. The quantitative estimate of drug-likeness (QED) is 0.374. The van der Waals surface area contributed by atoms with Crippen LogP contribution in [0.5, 0.6) is 0 Å². The van der Waals surface area contributed by atoms with Crippen LogP contribution in [0.3, 0.4) is 0 Å². The molecule has 1 heterocycles. The number of carbonyl (C=O) groups excluding carboxylic acids is 1. The molecule has 0 amide bonds. The van der Waals surface area contributed by atoms with Crippen molar-refractivity contribution in [1.29, 1.82) is 0 Å². The molecule has 170 valence electrons. The third kappa shape index (κ3) is 2.80. The monoisotopic (exact) mass is 424 g/mol. The largest absolute Gasteiger partial charge is 0.472 e. The lowest BCUT2D eigenvalue weighted by Crippen LogP contribution is -2.65. The van der Waals surface area contributed by atoms with Gasteiger partial charge in [-0.3, -0.25) is 4.79 Å². The lowest BCUT2D eigenvalue weighted by molar-refractivity contribution is -0.224. The van der Waals surface area contributed by atoms with E-state index in [0.29, 0.717) is 23.7 Å². The smallest absolute Gasteiger partial charge is 0.302 e. The third-order valence-corrected chi connectivity index (χ3v) is 10.8. The fraction of sp³-hybridized carbons (Fsp3) is 0.750. The first-order chi connectivity index (χ1) is 14.5. The molecule has 0 aromatic carbocycles. The second-order valence-electron chi connectivity index (χ2n) is 12.5. The Balaban J connectivity index is 1.61. The molecule has 31 heavy (non-hydrogen) atoms. The van der Waals surface area contributed by atoms with E-state index in [4.69, 9.17) is 9.15 Å². The van der Waals surface area contributed by atoms with Crippen molar-refractivity contribution in [2.45, 2.75) is 92.1 Å². The van der Waals surface area contributed by atoms with Crippen molar-refractivity contribution >= 4 is 5.97 Å².